The van der Waals surface area contributed by atoms with E-state index in [1.165, 1.54) is 0 Å². The summed E-state index contributed by atoms with van der Waals surface area (Å²) in [5.74, 6) is 0.840. The van der Waals surface area contributed by atoms with Gasteiger partial charge in [0.15, 0.2) is 15.8 Å². The second-order valence-corrected chi connectivity index (χ2v) is 8.42. The van der Waals surface area contributed by atoms with Gasteiger partial charge in [-0.15, -0.1) is 0 Å². The van der Waals surface area contributed by atoms with Crippen LogP contribution in [0.3, 0.4) is 0 Å². The van der Waals surface area contributed by atoms with E-state index < -0.39 is 14.6 Å². The third-order valence-electron chi connectivity index (χ3n) is 2.92. The Labute approximate surface area is 126 Å². The molecular formula is C14H23N3O3S. The van der Waals surface area contributed by atoms with Crippen LogP contribution in [0.15, 0.2) is 29.3 Å². The highest BCUT2D eigenvalue weighted by Crippen LogP contribution is 2.17. The standard InChI is InChI=1S/C14H23N3O3S/c1-14(2,3)21(18,19)9-8-16-13(15)17-11-6-5-7-12(10-11)20-4/h5-7,10H,8-9H2,1-4H3,(H3,15,16,17). The minimum atomic E-state index is -3.19. The number of rotatable bonds is 5. The van der Waals surface area contributed by atoms with Crippen molar-refractivity contribution in [3.8, 4) is 5.75 Å². The Kier molecular flexibility index (Phi) is 5.60. The van der Waals surface area contributed by atoms with E-state index in [1.54, 1.807) is 33.9 Å². The molecule has 0 saturated heterocycles. The third-order valence-corrected chi connectivity index (χ3v) is 5.50. The van der Waals surface area contributed by atoms with Gasteiger partial charge in [-0.1, -0.05) is 6.07 Å². The molecule has 21 heavy (non-hydrogen) atoms. The fourth-order valence-corrected chi connectivity index (χ4v) is 2.42. The fourth-order valence-electron chi connectivity index (χ4n) is 1.48. The van der Waals surface area contributed by atoms with Gasteiger partial charge in [0.05, 0.1) is 24.2 Å². The number of methoxy groups -OCH3 is 1. The number of guanidine groups is 1. The highest BCUT2D eigenvalue weighted by Gasteiger charge is 2.28. The number of nitrogens with zero attached hydrogens (tertiary/aromatic N) is 1. The summed E-state index contributed by atoms with van der Waals surface area (Å²) in [6, 6.07) is 7.22. The van der Waals surface area contributed by atoms with Crippen LogP contribution in [0.1, 0.15) is 20.8 Å². The van der Waals surface area contributed by atoms with Crippen molar-refractivity contribution in [1.29, 1.82) is 0 Å². The van der Waals surface area contributed by atoms with Crippen LogP contribution in [-0.4, -0.2) is 38.5 Å². The van der Waals surface area contributed by atoms with Crippen molar-refractivity contribution in [2.45, 2.75) is 25.5 Å². The van der Waals surface area contributed by atoms with Gasteiger partial charge in [0, 0.05) is 11.8 Å². The van der Waals surface area contributed by atoms with Crippen molar-refractivity contribution in [1.82, 2.24) is 0 Å². The molecule has 0 unspecified atom stereocenters. The smallest absolute Gasteiger partial charge is 0.193 e. The summed E-state index contributed by atoms with van der Waals surface area (Å²) < 4.78 is 28.2. The second-order valence-electron chi connectivity index (χ2n) is 5.56. The second kappa shape index (κ2) is 6.80. The van der Waals surface area contributed by atoms with Gasteiger partial charge in [-0.25, -0.2) is 8.42 Å². The Morgan fingerprint density at radius 1 is 1.38 bits per heavy atom. The monoisotopic (exact) mass is 313 g/mol. The van der Waals surface area contributed by atoms with Crippen LogP contribution in [0, 0.1) is 0 Å². The van der Waals surface area contributed by atoms with Gasteiger partial charge in [-0.3, -0.25) is 4.99 Å². The molecule has 6 nitrogen and oxygen atoms in total. The van der Waals surface area contributed by atoms with Crippen molar-refractivity contribution in [2.75, 3.05) is 24.7 Å². The van der Waals surface area contributed by atoms with Gasteiger partial charge < -0.3 is 15.8 Å². The first kappa shape index (κ1) is 17.3. The van der Waals surface area contributed by atoms with E-state index in [1.807, 2.05) is 18.2 Å². The van der Waals surface area contributed by atoms with Crippen LogP contribution in [-0.2, 0) is 9.84 Å². The SMILES string of the molecule is COc1cccc(NC(N)=NCCS(=O)(=O)C(C)(C)C)c1. The number of nitrogens with two attached hydrogens (primary N) is 1. The number of anilines is 1. The molecule has 1 aromatic carbocycles. The van der Waals surface area contributed by atoms with E-state index in [9.17, 15) is 8.42 Å². The number of hydrogen-bond donors (Lipinski definition) is 2. The fraction of sp³-hybridized carbons (Fsp3) is 0.500. The first-order chi connectivity index (χ1) is 9.65. The van der Waals surface area contributed by atoms with Gasteiger partial charge in [0.25, 0.3) is 0 Å². The Morgan fingerprint density at radius 2 is 2.05 bits per heavy atom. The normalized spacial score (nSPS) is 13.0. The van der Waals surface area contributed by atoms with Gasteiger partial charge in [0.1, 0.15) is 5.75 Å². The van der Waals surface area contributed by atoms with Crippen LogP contribution in [0.2, 0.25) is 0 Å². The molecule has 3 N–H and O–H groups in total. The molecule has 0 atom stereocenters. The molecule has 0 amide bonds. The lowest BCUT2D eigenvalue weighted by Gasteiger charge is -2.18. The maximum Gasteiger partial charge on any atom is 0.193 e. The van der Waals surface area contributed by atoms with Crippen LogP contribution in [0.4, 0.5) is 5.69 Å². The summed E-state index contributed by atoms with van der Waals surface area (Å²) >= 11 is 0. The Morgan fingerprint density at radius 3 is 2.62 bits per heavy atom. The van der Waals surface area contributed by atoms with E-state index in [0.717, 1.165) is 5.69 Å². The quantitative estimate of drug-likeness (QED) is 0.636. The van der Waals surface area contributed by atoms with E-state index in [0.29, 0.717) is 5.75 Å². The molecule has 7 heteroatoms. The summed E-state index contributed by atoms with van der Waals surface area (Å²) in [4.78, 5) is 4.04. The van der Waals surface area contributed by atoms with Crippen LogP contribution in [0.25, 0.3) is 0 Å². The average Bonchev–Trinajstić information content (AvgIpc) is 2.37. The Bertz CT molecular complexity index is 604. The summed E-state index contributed by atoms with van der Waals surface area (Å²) in [7, 11) is -1.61. The van der Waals surface area contributed by atoms with E-state index in [4.69, 9.17) is 10.5 Å². The molecule has 0 saturated carbocycles. The predicted octanol–water partition coefficient (Wildman–Crippen LogP) is 1.64. The summed E-state index contributed by atoms with van der Waals surface area (Å²) in [6.45, 7) is 5.14. The molecule has 0 radical (unpaired) electrons. The van der Waals surface area contributed by atoms with Gasteiger partial charge >= 0.3 is 0 Å². The molecule has 0 aromatic heterocycles. The summed E-state index contributed by atoms with van der Waals surface area (Å²) in [6.07, 6.45) is 0. The highest BCUT2D eigenvalue weighted by molar-refractivity contribution is 7.92. The topological polar surface area (TPSA) is 93.8 Å². The zero-order valence-corrected chi connectivity index (χ0v) is 13.7. The zero-order valence-electron chi connectivity index (χ0n) is 12.9. The minimum absolute atomic E-state index is 0.0308. The largest absolute Gasteiger partial charge is 0.497 e. The van der Waals surface area contributed by atoms with E-state index in [2.05, 4.69) is 10.3 Å². The number of hydrogen-bond acceptors (Lipinski definition) is 4. The van der Waals surface area contributed by atoms with Crippen molar-refractivity contribution < 1.29 is 13.2 Å². The molecule has 0 spiro atoms. The molecule has 0 fully saturated rings. The summed E-state index contributed by atoms with van der Waals surface area (Å²) in [5.41, 5.74) is 6.47. The Balaban J connectivity index is 2.62. The number of aliphatic imine (C=N–C) groups is 1. The molecule has 0 heterocycles. The van der Waals surface area contributed by atoms with Crippen molar-refractivity contribution in [3.05, 3.63) is 24.3 Å². The van der Waals surface area contributed by atoms with Crippen molar-refractivity contribution in [3.63, 3.8) is 0 Å². The first-order valence-corrected chi connectivity index (χ1v) is 8.24. The number of ether oxygens (including phenoxy) is 1. The van der Waals surface area contributed by atoms with Crippen molar-refractivity contribution in [2.24, 2.45) is 10.7 Å². The minimum Gasteiger partial charge on any atom is -0.497 e. The van der Waals surface area contributed by atoms with Gasteiger partial charge in [-0.2, -0.15) is 0 Å². The third kappa shape index (κ3) is 5.26. The van der Waals surface area contributed by atoms with E-state index in [-0.39, 0.29) is 18.3 Å². The molecule has 0 aliphatic heterocycles. The molecule has 118 valence electrons. The number of sulfone groups is 1. The maximum atomic E-state index is 11.9. The predicted molar refractivity (Wildman–Crippen MR) is 86.6 cm³/mol. The molecule has 0 aliphatic rings. The summed E-state index contributed by atoms with van der Waals surface area (Å²) in [5, 5.41) is 2.89. The zero-order chi connectivity index (χ0) is 16.1. The lowest BCUT2D eigenvalue weighted by Crippen LogP contribution is -2.32. The maximum absolute atomic E-state index is 11.9. The van der Waals surface area contributed by atoms with Crippen LogP contribution >= 0.6 is 0 Å². The van der Waals surface area contributed by atoms with Crippen molar-refractivity contribution >= 4 is 21.5 Å². The molecule has 1 rings (SSSR count). The highest BCUT2D eigenvalue weighted by atomic mass is 32.2. The van der Waals surface area contributed by atoms with Gasteiger partial charge in [0.2, 0.25) is 0 Å². The van der Waals surface area contributed by atoms with Gasteiger partial charge in [-0.05, 0) is 32.9 Å². The molecular weight excluding hydrogens is 290 g/mol. The van der Waals surface area contributed by atoms with Crippen LogP contribution in [0.5, 0.6) is 5.75 Å². The molecule has 0 aliphatic carbocycles. The number of nitrogens with one attached hydrogen (secondary N) is 1. The van der Waals surface area contributed by atoms with E-state index >= 15 is 0 Å². The average molecular weight is 313 g/mol. The van der Waals surface area contributed by atoms with Crippen LogP contribution < -0.4 is 15.8 Å². The molecule has 1 aromatic rings. The Hall–Kier alpha value is -1.76. The first-order valence-electron chi connectivity index (χ1n) is 6.59. The molecule has 0 bridgehead atoms. The number of benzene rings is 1. The lowest BCUT2D eigenvalue weighted by molar-refractivity contribution is 0.415. The lowest BCUT2D eigenvalue weighted by atomic mass is 10.3.